The summed E-state index contributed by atoms with van der Waals surface area (Å²) in [6.45, 7) is 1.13. The molecule has 1 aliphatic heterocycles. The minimum absolute atomic E-state index is 0.0860. The molecule has 0 bridgehead atoms. The molecule has 0 saturated carbocycles. The zero-order valence-corrected chi connectivity index (χ0v) is 14.9. The quantitative estimate of drug-likeness (QED) is 0.651. The van der Waals surface area contributed by atoms with Gasteiger partial charge in [-0.3, -0.25) is 9.69 Å². The molecule has 132 valence electrons. The summed E-state index contributed by atoms with van der Waals surface area (Å²) in [7, 11) is 1.91. The first-order chi connectivity index (χ1) is 12.6. The number of rotatable bonds is 1. The van der Waals surface area contributed by atoms with Crippen LogP contribution in [-0.2, 0) is 0 Å². The molecule has 2 aromatic carbocycles. The van der Waals surface area contributed by atoms with Gasteiger partial charge in [0.15, 0.2) is 11.6 Å². The highest BCUT2D eigenvalue weighted by Gasteiger charge is 2.30. The van der Waals surface area contributed by atoms with Gasteiger partial charge in [-0.25, -0.2) is 14.4 Å². The van der Waals surface area contributed by atoms with Gasteiger partial charge in [-0.1, -0.05) is 29.8 Å². The van der Waals surface area contributed by atoms with Gasteiger partial charge in [-0.15, -0.1) is 0 Å². The molecular weight excluding hydrogens is 355 g/mol. The van der Waals surface area contributed by atoms with Crippen LogP contribution in [0.15, 0.2) is 42.5 Å². The van der Waals surface area contributed by atoms with Gasteiger partial charge in [0.05, 0.1) is 21.6 Å². The second-order valence-electron chi connectivity index (χ2n) is 6.19. The van der Waals surface area contributed by atoms with Crippen molar-refractivity contribution in [1.29, 1.82) is 0 Å². The number of aromatic nitrogens is 2. The first-order valence-corrected chi connectivity index (χ1v) is 8.68. The van der Waals surface area contributed by atoms with Crippen molar-refractivity contribution in [3.8, 4) is 0 Å². The average molecular weight is 371 g/mol. The zero-order chi connectivity index (χ0) is 18.3. The molecule has 0 spiro atoms. The molecule has 26 heavy (non-hydrogen) atoms. The van der Waals surface area contributed by atoms with E-state index >= 15 is 0 Å². The Kier molecular flexibility index (Phi) is 4.20. The van der Waals surface area contributed by atoms with Crippen molar-refractivity contribution in [1.82, 2.24) is 9.97 Å². The molecular formula is C19H16ClFN4O. The molecule has 0 N–H and O–H groups in total. The molecule has 5 nitrogen and oxygen atoms in total. The third kappa shape index (κ3) is 2.76. The molecule has 1 amide bonds. The van der Waals surface area contributed by atoms with Gasteiger partial charge in [-0.05, 0) is 30.7 Å². The van der Waals surface area contributed by atoms with Gasteiger partial charge < -0.3 is 4.90 Å². The van der Waals surface area contributed by atoms with Crippen molar-refractivity contribution in [2.45, 2.75) is 6.42 Å². The third-order valence-corrected chi connectivity index (χ3v) is 4.76. The first-order valence-electron chi connectivity index (χ1n) is 8.30. The molecule has 2 heterocycles. The van der Waals surface area contributed by atoms with Crippen molar-refractivity contribution in [2.24, 2.45) is 0 Å². The Morgan fingerprint density at radius 3 is 2.42 bits per heavy atom. The summed E-state index contributed by atoms with van der Waals surface area (Å²) in [6, 6.07) is 11.7. The molecule has 0 unspecified atom stereocenters. The van der Waals surface area contributed by atoms with Crippen LogP contribution in [0.4, 0.5) is 16.0 Å². The number of nitrogens with zero attached hydrogens (tertiary/aromatic N) is 4. The number of hydrogen-bond acceptors (Lipinski definition) is 4. The summed E-state index contributed by atoms with van der Waals surface area (Å²) < 4.78 is 14.3. The Balaban J connectivity index is 1.89. The maximum Gasteiger partial charge on any atom is 0.264 e. The van der Waals surface area contributed by atoms with E-state index in [1.54, 1.807) is 0 Å². The lowest BCUT2D eigenvalue weighted by Crippen LogP contribution is -2.33. The van der Waals surface area contributed by atoms with Gasteiger partial charge in [0.25, 0.3) is 5.91 Å². The third-order valence-electron chi connectivity index (χ3n) is 4.45. The van der Waals surface area contributed by atoms with Crippen LogP contribution in [0, 0.1) is 5.82 Å². The standard InChI is InChI=1S/C19H16ClFN4O/c1-24-10-5-11-25(19(26)16-12(20)6-4-7-13(16)21)18-17(24)22-14-8-2-3-9-15(14)23-18/h2-4,6-9H,5,10-11H2,1H3. The number of para-hydroxylation sites is 2. The largest absolute Gasteiger partial charge is 0.357 e. The van der Waals surface area contributed by atoms with Crippen LogP contribution >= 0.6 is 11.6 Å². The number of benzene rings is 2. The summed E-state index contributed by atoms with van der Waals surface area (Å²) >= 11 is 6.10. The SMILES string of the molecule is CN1CCCN(C(=O)c2c(F)cccc2Cl)c2nc3ccccc3nc21. The van der Waals surface area contributed by atoms with E-state index in [-0.39, 0.29) is 10.6 Å². The number of carbonyl (C=O) groups is 1. The molecule has 0 saturated heterocycles. The van der Waals surface area contributed by atoms with Gasteiger partial charge in [0.2, 0.25) is 0 Å². The van der Waals surface area contributed by atoms with E-state index in [4.69, 9.17) is 11.6 Å². The molecule has 1 aromatic heterocycles. The van der Waals surface area contributed by atoms with Gasteiger partial charge in [-0.2, -0.15) is 0 Å². The predicted octanol–water partition coefficient (Wildman–Crippen LogP) is 3.91. The Bertz CT molecular complexity index is 990. The Labute approximate surface area is 155 Å². The van der Waals surface area contributed by atoms with E-state index in [0.717, 1.165) is 12.1 Å². The van der Waals surface area contributed by atoms with Crippen LogP contribution in [0.3, 0.4) is 0 Å². The Morgan fingerprint density at radius 1 is 1.04 bits per heavy atom. The topological polar surface area (TPSA) is 49.3 Å². The fraction of sp³-hybridized carbons (Fsp3) is 0.211. The second kappa shape index (κ2) is 6.53. The number of fused-ring (bicyclic) bond motifs is 2. The van der Waals surface area contributed by atoms with Crippen LogP contribution in [0.1, 0.15) is 16.8 Å². The molecule has 4 rings (SSSR count). The van der Waals surface area contributed by atoms with E-state index < -0.39 is 11.7 Å². The number of anilines is 2. The Hall–Kier alpha value is -2.73. The highest BCUT2D eigenvalue weighted by Crippen LogP contribution is 2.32. The van der Waals surface area contributed by atoms with Gasteiger partial charge in [0.1, 0.15) is 5.82 Å². The normalized spacial score (nSPS) is 14.3. The second-order valence-corrected chi connectivity index (χ2v) is 6.60. The summed E-state index contributed by atoms with van der Waals surface area (Å²) in [4.78, 5) is 25.9. The lowest BCUT2D eigenvalue weighted by atomic mass is 10.1. The van der Waals surface area contributed by atoms with Crippen molar-refractivity contribution in [3.05, 3.63) is 58.9 Å². The number of carbonyl (C=O) groups excluding carboxylic acids is 1. The molecule has 3 aromatic rings. The zero-order valence-electron chi connectivity index (χ0n) is 14.1. The highest BCUT2D eigenvalue weighted by molar-refractivity contribution is 6.34. The lowest BCUT2D eigenvalue weighted by molar-refractivity contribution is 0.0983. The molecule has 0 atom stereocenters. The summed E-state index contributed by atoms with van der Waals surface area (Å²) in [6.07, 6.45) is 0.711. The lowest BCUT2D eigenvalue weighted by Gasteiger charge is -2.23. The van der Waals surface area contributed by atoms with E-state index in [9.17, 15) is 9.18 Å². The van der Waals surface area contributed by atoms with Crippen molar-refractivity contribution < 1.29 is 9.18 Å². The van der Waals surface area contributed by atoms with Crippen molar-refractivity contribution in [3.63, 3.8) is 0 Å². The fourth-order valence-corrected chi connectivity index (χ4v) is 3.38. The molecule has 7 heteroatoms. The van der Waals surface area contributed by atoms with E-state index in [0.29, 0.717) is 30.1 Å². The van der Waals surface area contributed by atoms with E-state index in [1.165, 1.54) is 23.1 Å². The maximum atomic E-state index is 14.3. The van der Waals surface area contributed by atoms with E-state index in [2.05, 4.69) is 9.97 Å². The van der Waals surface area contributed by atoms with E-state index in [1.807, 2.05) is 36.2 Å². The molecule has 0 aliphatic carbocycles. The minimum atomic E-state index is -0.643. The summed E-state index contributed by atoms with van der Waals surface area (Å²) in [5.74, 6) is -0.125. The average Bonchev–Trinajstić information content (AvgIpc) is 2.79. The molecule has 1 aliphatic rings. The van der Waals surface area contributed by atoms with Crippen molar-refractivity contribution >= 4 is 40.2 Å². The van der Waals surface area contributed by atoms with Crippen LogP contribution in [0.25, 0.3) is 11.0 Å². The number of hydrogen-bond donors (Lipinski definition) is 0. The van der Waals surface area contributed by atoms with Crippen LogP contribution < -0.4 is 9.80 Å². The predicted molar refractivity (Wildman–Crippen MR) is 101 cm³/mol. The number of amides is 1. The van der Waals surface area contributed by atoms with Gasteiger partial charge in [0, 0.05) is 20.1 Å². The van der Waals surface area contributed by atoms with Crippen LogP contribution in [0.5, 0.6) is 0 Å². The molecule has 0 fully saturated rings. The summed E-state index contributed by atoms with van der Waals surface area (Å²) in [5.41, 5.74) is 1.29. The summed E-state index contributed by atoms with van der Waals surface area (Å²) in [5, 5.41) is 0.0860. The maximum absolute atomic E-state index is 14.3. The minimum Gasteiger partial charge on any atom is -0.357 e. The van der Waals surface area contributed by atoms with Crippen LogP contribution in [0.2, 0.25) is 5.02 Å². The van der Waals surface area contributed by atoms with Crippen molar-refractivity contribution in [2.75, 3.05) is 29.9 Å². The smallest absolute Gasteiger partial charge is 0.264 e. The Morgan fingerprint density at radius 2 is 1.73 bits per heavy atom. The highest BCUT2D eigenvalue weighted by atomic mass is 35.5. The number of halogens is 2. The molecule has 0 radical (unpaired) electrons. The monoisotopic (exact) mass is 370 g/mol. The first kappa shape index (κ1) is 16.7. The van der Waals surface area contributed by atoms with Gasteiger partial charge >= 0.3 is 0 Å². The van der Waals surface area contributed by atoms with Crippen LogP contribution in [-0.4, -0.2) is 36.0 Å². The fourth-order valence-electron chi connectivity index (χ4n) is 3.13.